The third-order valence-corrected chi connectivity index (χ3v) is 4.91. The number of hydrogen-bond acceptors (Lipinski definition) is 3. The number of carbonyl (C=O) groups excluding carboxylic acids is 1. The maximum atomic E-state index is 13.7. The van der Waals surface area contributed by atoms with Gasteiger partial charge >= 0.3 is 0 Å². The summed E-state index contributed by atoms with van der Waals surface area (Å²) in [5.41, 5.74) is 0.468. The molecular weight excluding hydrogens is 307 g/mol. The minimum absolute atomic E-state index is 0.00107. The largest absolute Gasteiger partial charge is 0.342 e. The van der Waals surface area contributed by atoms with Gasteiger partial charge in [0.1, 0.15) is 11.6 Å². The predicted molar refractivity (Wildman–Crippen MR) is 86.9 cm³/mol. The summed E-state index contributed by atoms with van der Waals surface area (Å²) in [7, 11) is 0. The number of carbonyl (C=O) groups is 1. The first-order valence-electron chi connectivity index (χ1n) is 8.61. The Bertz CT molecular complexity index is 740. The molecule has 1 saturated heterocycles. The monoisotopic (exact) mass is 328 g/mol. The van der Waals surface area contributed by atoms with E-state index in [2.05, 4.69) is 15.2 Å². The number of amides is 1. The Labute approximate surface area is 140 Å². The van der Waals surface area contributed by atoms with Gasteiger partial charge in [-0.3, -0.25) is 9.89 Å². The lowest BCUT2D eigenvalue weighted by Crippen LogP contribution is -2.30. The van der Waals surface area contributed by atoms with Crippen LogP contribution in [0.15, 0.2) is 24.3 Å². The van der Waals surface area contributed by atoms with Gasteiger partial charge in [0.05, 0.1) is 6.42 Å². The van der Waals surface area contributed by atoms with Gasteiger partial charge in [-0.15, -0.1) is 0 Å². The number of hydrogen-bond donors (Lipinski definition) is 1. The molecule has 0 spiro atoms. The molecular formula is C18H21FN4O. The third kappa shape index (κ3) is 3.32. The summed E-state index contributed by atoms with van der Waals surface area (Å²) < 4.78 is 13.7. The third-order valence-electron chi connectivity index (χ3n) is 4.91. The van der Waals surface area contributed by atoms with Gasteiger partial charge in [0.2, 0.25) is 5.91 Å². The fraction of sp³-hybridized carbons (Fsp3) is 0.500. The maximum absolute atomic E-state index is 13.7. The predicted octanol–water partition coefficient (Wildman–Crippen LogP) is 2.45. The topological polar surface area (TPSA) is 61.9 Å². The van der Waals surface area contributed by atoms with Gasteiger partial charge in [-0.25, -0.2) is 9.37 Å². The molecule has 24 heavy (non-hydrogen) atoms. The summed E-state index contributed by atoms with van der Waals surface area (Å²) in [5, 5.41) is 7.31. The van der Waals surface area contributed by atoms with Crippen molar-refractivity contribution in [3.05, 3.63) is 47.3 Å². The minimum atomic E-state index is -0.309. The molecule has 1 aromatic heterocycles. The van der Waals surface area contributed by atoms with E-state index in [1.165, 1.54) is 18.9 Å². The second-order valence-corrected chi connectivity index (χ2v) is 6.88. The van der Waals surface area contributed by atoms with Crippen LogP contribution < -0.4 is 0 Å². The average molecular weight is 328 g/mol. The fourth-order valence-corrected chi connectivity index (χ4v) is 3.34. The molecule has 1 unspecified atom stereocenters. The van der Waals surface area contributed by atoms with Crippen LogP contribution in [0.5, 0.6) is 0 Å². The highest BCUT2D eigenvalue weighted by atomic mass is 19.1. The van der Waals surface area contributed by atoms with Crippen LogP contribution in [0.4, 0.5) is 4.39 Å². The van der Waals surface area contributed by atoms with Crippen LogP contribution in [0.1, 0.15) is 42.4 Å². The lowest BCUT2D eigenvalue weighted by atomic mass is 10.0. The second kappa shape index (κ2) is 6.34. The molecule has 0 bridgehead atoms. The maximum Gasteiger partial charge on any atom is 0.227 e. The first-order chi connectivity index (χ1) is 11.7. The van der Waals surface area contributed by atoms with Crippen LogP contribution in [0.25, 0.3) is 0 Å². The molecule has 5 nitrogen and oxygen atoms in total. The second-order valence-electron chi connectivity index (χ2n) is 6.88. The number of nitrogens with one attached hydrogen (secondary N) is 1. The van der Waals surface area contributed by atoms with E-state index in [-0.39, 0.29) is 18.1 Å². The molecule has 1 atom stereocenters. The van der Waals surface area contributed by atoms with Crippen LogP contribution in [0, 0.1) is 11.7 Å². The number of aromatic amines is 1. The zero-order chi connectivity index (χ0) is 16.5. The molecule has 1 aliphatic carbocycles. The van der Waals surface area contributed by atoms with Crippen molar-refractivity contribution in [2.45, 2.75) is 38.0 Å². The van der Waals surface area contributed by atoms with Crippen molar-refractivity contribution in [2.75, 3.05) is 13.1 Å². The summed E-state index contributed by atoms with van der Waals surface area (Å²) in [5.74, 6) is 2.50. The minimum Gasteiger partial charge on any atom is -0.342 e. The normalized spacial score (nSPS) is 20.5. The average Bonchev–Trinajstić information content (AvgIpc) is 3.14. The van der Waals surface area contributed by atoms with E-state index < -0.39 is 0 Å². The Hall–Kier alpha value is -2.24. The smallest absolute Gasteiger partial charge is 0.227 e. The van der Waals surface area contributed by atoms with Gasteiger partial charge in [0.25, 0.3) is 0 Å². The molecule has 1 N–H and O–H groups in total. The van der Waals surface area contributed by atoms with Gasteiger partial charge in [-0.1, -0.05) is 18.2 Å². The van der Waals surface area contributed by atoms with Crippen molar-refractivity contribution in [3.63, 3.8) is 0 Å². The van der Waals surface area contributed by atoms with E-state index in [1.54, 1.807) is 18.2 Å². The summed E-state index contributed by atoms with van der Waals surface area (Å²) in [6, 6.07) is 6.48. The summed E-state index contributed by atoms with van der Waals surface area (Å²) in [6.07, 6.45) is 4.30. The van der Waals surface area contributed by atoms with Crippen LogP contribution >= 0.6 is 0 Å². The van der Waals surface area contributed by atoms with E-state index in [0.29, 0.717) is 23.9 Å². The summed E-state index contributed by atoms with van der Waals surface area (Å²) >= 11 is 0. The van der Waals surface area contributed by atoms with Crippen molar-refractivity contribution >= 4 is 5.91 Å². The lowest BCUT2D eigenvalue weighted by molar-refractivity contribution is -0.129. The highest BCUT2D eigenvalue weighted by Gasteiger charge is 2.30. The van der Waals surface area contributed by atoms with Gasteiger partial charge in [0.15, 0.2) is 5.82 Å². The van der Waals surface area contributed by atoms with E-state index in [4.69, 9.17) is 0 Å². The van der Waals surface area contributed by atoms with E-state index in [1.807, 2.05) is 4.90 Å². The lowest BCUT2D eigenvalue weighted by Gasteiger charge is -2.16. The fourth-order valence-electron chi connectivity index (χ4n) is 3.34. The van der Waals surface area contributed by atoms with Crippen molar-refractivity contribution in [2.24, 2.45) is 5.92 Å². The van der Waals surface area contributed by atoms with Crippen molar-refractivity contribution in [3.8, 4) is 0 Å². The number of benzene rings is 1. The Morgan fingerprint density at radius 3 is 2.92 bits per heavy atom. The molecule has 2 aromatic rings. The van der Waals surface area contributed by atoms with Gasteiger partial charge in [0, 0.05) is 25.4 Å². The molecule has 2 heterocycles. The van der Waals surface area contributed by atoms with Gasteiger partial charge in [-0.05, 0) is 36.8 Å². The first-order valence-corrected chi connectivity index (χ1v) is 8.61. The summed E-state index contributed by atoms with van der Waals surface area (Å²) in [6.45, 7) is 1.45. The highest BCUT2D eigenvalue weighted by Crippen LogP contribution is 2.37. The van der Waals surface area contributed by atoms with Crippen LogP contribution in [-0.2, 0) is 17.6 Å². The molecule has 1 saturated carbocycles. The standard InChI is InChI=1S/C18H21FN4O/c19-15-4-2-1-3-14(15)10-17(24)23-8-7-12(11-23)9-16-20-18(22-21-16)13-5-6-13/h1-4,12-13H,5-11H2,(H,20,21,22). The molecule has 1 aromatic carbocycles. The summed E-state index contributed by atoms with van der Waals surface area (Å²) in [4.78, 5) is 18.8. The number of H-pyrrole nitrogens is 1. The Morgan fingerprint density at radius 2 is 2.12 bits per heavy atom. The molecule has 0 radical (unpaired) electrons. The number of likely N-dealkylation sites (tertiary alicyclic amines) is 1. The number of rotatable bonds is 5. The molecule has 2 fully saturated rings. The molecule has 126 valence electrons. The molecule has 1 amide bonds. The molecule has 4 rings (SSSR count). The Morgan fingerprint density at radius 1 is 1.29 bits per heavy atom. The zero-order valence-electron chi connectivity index (χ0n) is 13.5. The first kappa shape index (κ1) is 15.3. The van der Waals surface area contributed by atoms with Gasteiger partial charge < -0.3 is 4.90 Å². The van der Waals surface area contributed by atoms with Crippen LogP contribution in [-0.4, -0.2) is 39.1 Å². The van der Waals surface area contributed by atoms with Crippen LogP contribution in [0.3, 0.4) is 0 Å². The molecule has 1 aliphatic heterocycles. The number of halogens is 1. The van der Waals surface area contributed by atoms with Crippen LogP contribution in [0.2, 0.25) is 0 Å². The van der Waals surface area contributed by atoms with Crippen molar-refractivity contribution < 1.29 is 9.18 Å². The SMILES string of the molecule is O=C(Cc1ccccc1F)N1CCC(Cc2nc(C3CC3)n[nH]2)C1. The zero-order valence-corrected chi connectivity index (χ0v) is 13.5. The van der Waals surface area contributed by atoms with Crippen molar-refractivity contribution in [1.82, 2.24) is 20.1 Å². The number of nitrogens with zero attached hydrogens (tertiary/aromatic N) is 3. The van der Waals surface area contributed by atoms with E-state index in [9.17, 15) is 9.18 Å². The van der Waals surface area contributed by atoms with Crippen molar-refractivity contribution in [1.29, 1.82) is 0 Å². The quantitative estimate of drug-likeness (QED) is 0.917. The van der Waals surface area contributed by atoms with E-state index in [0.717, 1.165) is 31.0 Å². The van der Waals surface area contributed by atoms with Gasteiger partial charge in [-0.2, -0.15) is 5.10 Å². The Balaban J connectivity index is 1.32. The Kier molecular flexibility index (Phi) is 4.04. The van der Waals surface area contributed by atoms with E-state index >= 15 is 0 Å². The number of aromatic nitrogens is 3. The molecule has 6 heteroatoms. The highest BCUT2D eigenvalue weighted by molar-refractivity contribution is 5.79. The molecule has 2 aliphatic rings.